The normalized spacial score (nSPS) is 11.9. The largest absolute Gasteiger partial charge is 0.497 e. The minimum atomic E-state index is -0.686. The van der Waals surface area contributed by atoms with Gasteiger partial charge in [0, 0.05) is 23.6 Å². The summed E-state index contributed by atoms with van der Waals surface area (Å²) in [5.41, 5.74) is 1.89. The Balaban J connectivity index is 2.18. The molecule has 1 aromatic heterocycles. The first kappa shape index (κ1) is 21.0. The van der Waals surface area contributed by atoms with Crippen molar-refractivity contribution in [2.24, 2.45) is 10.9 Å². The van der Waals surface area contributed by atoms with E-state index in [1.165, 1.54) is 23.5 Å². The molecule has 0 atom stereocenters. The monoisotopic (exact) mass is 418 g/mol. The molecule has 0 radical (unpaired) electrons. The standard InChI is InChI=1S/C22H24F2N2O2S/c1-14(2)9-10-26-20(17-12-16(27-3)6-8-21(17)28-4)13-29-22(26)25-19-7-5-15(23)11-18(19)24/h5-8,11-14H,9-10H2,1-4H3. The summed E-state index contributed by atoms with van der Waals surface area (Å²) in [4.78, 5) is 5.11. The van der Waals surface area contributed by atoms with Gasteiger partial charge in [0.25, 0.3) is 0 Å². The van der Waals surface area contributed by atoms with E-state index < -0.39 is 11.6 Å². The number of hydrogen-bond donors (Lipinski definition) is 0. The zero-order chi connectivity index (χ0) is 21.0. The first-order valence-electron chi connectivity index (χ1n) is 9.33. The zero-order valence-corrected chi connectivity index (χ0v) is 17.7. The van der Waals surface area contributed by atoms with Crippen LogP contribution < -0.4 is 14.3 Å². The first-order chi connectivity index (χ1) is 13.9. The van der Waals surface area contributed by atoms with Crippen molar-refractivity contribution < 1.29 is 18.3 Å². The van der Waals surface area contributed by atoms with E-state index in [0.717, 1.165) is 23.7 Å². The van der Waals surface area contributed by atoms with Crippen molar-refractivity contribution in [3.05, 3.63) is 58.2 Å². The molecule has 154 valence electrons. The summed E-state index contributed by atoms with van der Waals surface area (Å²) in [6.07, 6.45) is 0.926. The number of methoxy groups -OCH3 is 2. The zero-order valence-electron chi connectivity index (χ0n) is 16.9. The van der Waals surface area contributed by atoms with Gasteiger partial charge < -0.3 is 14.0 Å². The van der Waals surface area contributed by atoms with Crippen molar-refractivity contribution >= 4 is 17.0 Å². The topological polar surface area (TPSA) is 35.8 Å². The van der Waals surface area contributed by atoms with Gasteiger partial charge in [-0.15, -0.1) is 11.3 Å². The molecule has 0 saturated heterocycles. The summed E-state index contributed by atoms with van der Waals surface area (Å²) < 4.78 is 40.4. The summed E-state index contributed by atoms with van der Waals surface area (Å²) in [6.45, 7) is 5.00. The van der Waals surface area contributed by atoms with Gasteiger partial charge in [-0.2, -0.15) is 0 Å². The van der Waals surface area contributed by atoms with Crippen LogP contribution in [0.5, 0.6) is 11.5 Å². The van der Waals surface area contributed by atoms with E-state index in [9.17, 15) is 8.78 Å². The van der Waals surface area contributed by atoms with Crippen LogP contribution in [0.25, 0.3) is 11.3 Å². The highest BCUT2D eigenvalue weighted by atomic mass is 32.1. The second-order valence-corrected chi connectivity index (χ2v) is 7.85. The number of benzene rings is 2. The molecular formula is C22H24F2N2O2S. The van der Waals surface area contributed by atoms with Crippen LogP contribution in [0.3, 0.4) is 0 Å². The van der Waals surface area contributed by atoms with Crippen molar-refractivity contribution in [3.8, 4) is 22.8 Å². The lowest BCUT2D eigenvalue weighted by molar-refractivity contribution is 0.404. The fraction of sp³-hybridized carbons (Fsp3) is 0.318. The molecule has 0 unspecified atom stereocenters. The third-order valence-electron chi connectivity index (χ3n) is 4.54. The smallest absolute Gasteiger partial charge is 0.190 e. The highest BCUT2D eigenvalue weighted by Gasteiger charge is 2.15. The van der Waals surface area contributed by atoms with E-state index in [4.69, 9.17) is 9.47 Å². The Morgan fingerprint density at radius 1 is 1.07 bits per heavy atom. The van der Waals surface area contributed by atoms with Crippen LogP contribution in [0, 0.1) is 17.6 Å². The Labute approximate surface area is 173 Å². The van der Waals surface area contributed by atoms with E-state index in [1.54, 1.807) is 14.2 Å². The van der Waals surface area contributed by atoms with Gasteiger partial charge in [0.2, 0.25) is 0 Å². The number of hydrogen-bond acceptors (Lipinski definition) is 4. The first-order valence-corrected chi connectivity index (χ1v) is 10.2. The predicted octanol–water partition coefficient (Wildman–Crippen LogP) is 5.79. The van der Waals surface area contributed by atoms with Gasteiger partial charge in [-0.05, 0) is 42.7 Å². The average molecular weight is 419 g/mol. The van der Waals surface area contributed by atoms with Crippen LogP contribution in [0.1, 0.15) is 20.3 Å². The Hall–Kier alpha value is -2.67. The molecule has 0 aliphatic rings. The molecule has 0 bridgehead atoms. The van der Waals surface area contributed by atoms with Gasteiger partial charge in [0.05, 0.1) is 19.9 Å². The highest BCUT2D eigenvalue weighted by molar-refractivity contribution is 7.07. The lowest BCUT2D eigenvalue weighted by Crippen LogP contribution is -2.17. The van der Waals surface area contributed by atoms with Crippen LogP contribution in [0.2, 0.25) is 0 Å². The lowest BCUT2D eigenvalue weighted by atomic mass is 10.1. The molecule has 0 N–H and O–H groups in total. The molecule has 0 aliphatic heterocycles. The molecule has 0 fully saturated rings. The molecule has 3 rings (SSSR count). The summed E-state index contributed by atoms with van der Waals surface area (Å²) in [7, 11) is 3.24. The lowest BCUT2D eigenvalue weighted by Gasteiger charge is -2.14. The van der Waals surface area contributed by atoms with Crippen molar-refractivity contribution in [2.75, 3.05) is 14.2 Å². The fourth-order valence-corrected chi connectivity index (χ4v) is 3.87. The molecule has 7 heteroatoms. The van der Waals surface area contributed by atoms with Crippen LogP contribution in [0.15, 0.2) is 46.8 Å². The van der Waals surface area contributed by atoms with Crippen molar-refractivity contribution in [3.63, 3.8) is 0 Å². The fourth-order valence-electron chi connectivity index (χ4n) is 2.93. The maximum absolute atomic E-state index is 14.2. The summed E-state index contributed by atoms with van der Waals surface area (Å²) >= 11 is 1.40. The quantitative estimate of drug-likeness (QED) is 0.487. The maximum Gasteiger partial charge on any atom is 0.190 e. The minimum absolute atomic E-state index is 0.107. The Bertz CT molecular complexity index is 1060. The molecule has 1 heterocycles. The highest BCUT2D eigenvalue weighted by Crippen LogP contribution is 2.34. The minimum Gasteiger partial charge on any atom is -0.497 e. The van der Waals surface area contributed by atoms with Crippen LogP contribution in [0.4, 0.5) is 14.5 Å². The Morgan fingerprint density at radius 2 is 1.86 bits per heavy atom. The molecule has 0 spiro atoms. The molecule has 4 nitrogen and oxygen atoms in total. The van der Waals surface area contributed by atoms with Crippen LogP contribution >= 0.6 is 11.3 Å². The van der Waals surface area contributed by atoms with Gasteiger partial charge in [-0.1, -0.05) is 13.8 Å². The number of ether oxygens (including phenoxy) is 2. The number of halogens is 2. The second kappa shape index (κ2) is 9.22. The van der Waals surface area contributed by atoms with E-state index >= 15 is 0 Å². The molecule has 0 aliphatic carbocycles. The molecule has 0 amide bonds. The Kier molecular flexibility index (Phi) is 6.69. The third-order valence-corrected chi connectivity index (χ3v) is 5.40. The summed E-state index contributed by atoms with van der Waals surface area (Å²) in [6, 6.07) is 9.01. The van der Waals surface area contributed by atoms with Crippen LogP contribution in [-0.4, -0.2) is 18.8 Å². The average Bonchev–Trinajstić information content (AvgIpc) is 3.10. The maximum atomic E-state index is 14.2. The number of nitrogens with zero attached hydrogens (tertiary/aromatic N) is 2. The number of aromatic nitrogens is 1. The van der Waals surface area contributed by atoms with Gasteiger partial charge in [0.15, 0.2) is 10.6 Å². The van der Waals surface area contributed by atoms with Gasteiger partial charge in [0.1, 0.15) is 23.0 Å². The van der Waals surface area contributed by atoms with Crippen LogP contribution in [-0.2, 0) is 6.54 Å². The molecule has 3 aromatic rings. The van der Waals surface area contributed by atoms with Crippen molar-refractivity contribution in [1.29, 1.82) is 0 Å². The van der Waals surface area contributed by atoms with E-state index in [2.05, 4.69) is 18.8 Å². The summed E-state index contributed by atoms with van der Waals surface area (Å²) in [5, 5.41) is 1.97. The summed E-state index contributed by atoms with van der Waals surface area (Å²) in [5.74, 6) is 0.598. The Morgan fingerprint density at radius 3 is 2.52 bits per heavy atom. The molecule has 0 saturated carbocycles. The van der Waals surface area contributed by atoms with E-state index in [-0.39, 0.29) is 5.69 Å². The number of rotatable bonds is 7. The van der Waals surface area contributed by atoms with Crippen molar-refractivity contribution in [1.82, 2.24) is 4.57 Å². The van der Waals surface area contributed by atoms with Gasteiger partial charge >= 0.3 is 0 Å². The second-order valence-electron chi connectivity index (χ2n) is 7.01. The van der Waals surface area contributed by atoms with Gasteiger partial charge in [-0.3, -0.25) is 0 Å². The molecular weight excluding hydrogens is 394 g/mol. The van der Waals surface area contributed by atoms with E-state index in [0.29, 0.717) is 28.8 Å². The van der Waals surface area contributed by atoms with Crippen molar-refractivity contribution in [2.45, 2.75) is 26.8 Å². The predicted molar refractivity (Wildman–Crippen MR) is 112 cm³/mol. The van der Waals surface area contributed by atoms with Gasteiger partial charge in [-0.25, -0.2) is 13.8 Å². The molecule has 2 aromatic carbocycles. The van der Waals surface area contributed by atoms with E-state index in [1.807, 2.05) is 28.1 Å². The molecule has 29 heavy (non-hydrogen) atoms. The SMILES string of the molecule is COc1ccc(OC)c(-c2csc(=Nc3ccc(F)cc3F)n2CCC(C)C)c1. The number of thiazole rings is 1. The third kappa shape index (κ3) is 4.85.